The van der Waals surface area contributed by atoms with Crippen LogP contribution in [0.15, 0.2) is 54.6 Å². The molecule has 8 nitrogen and oxygen atoms in total. The quantitative estimate of drug-likeness (QED) is 0.253. The van der Waals surface area contributed by atoms with Crippen LogP contribution in [0.5, 0.6) is 5.88 Å². The molecule has 3 fully saturated rings. The van der Waals surface area contributed by atoms with Crippen molar-refractivity contribution in [3.63, 3.8) is 0 Å². The molecule has 2 saturated heterocycles. The van der Waals surface area contributed by atoms with E-state index < -0.39 is 0 Å². The lowest BCUT2D eigenvalue weighted by molar-refractivity contribution is -0.0591. The first-order valence-electron chi connectivity index (χ1n) is 13.9. The van der Waals surface area contributed by atoms with Gasteiger partial charge in [0.1, 0.15) is 18.2 Å². The zero-order valence-electron chi connectivity index (χ0n) is 22.6. The number of halogens is 2. The van der Waals surface area contributed by atoms with Crippen LogP contribution in [0, 0.1) is 17.7 Å². The number of ether oxygens (including phenoxy) is 3. The standard InChI is InChI=1S/C31H30ClFN4O4/c1-39-31(38)18-6-8-25-27(11-18)37(13-21-9-10-40-21)28(34-25)16-36-14-22-23(15-36)30(22)26-3-2-4-29(35-26)41-17-19-5-7-20(32)12-24(19)33/h2-8,11-12,21-23,30H,9-10,13-17H2,1H3/t21-,22-,23+,30?/m0/s1. The number of aromatic nitrogens is 3. The van der Waals surface area contributed by atoms with Gasteiger partial charge in [-0.25, -0.2) is 19.2 Å². The van der Waals surface area contributed by atoms with Crippen molar-refractivity contribution in [1.29, 1.82) is 0 Å². The van der Waals surface area contributed by atoms with Crippen molar-refractivity contribution in [2.45, 2.75) is 38.1 Å². The number of fused-ring (bicyclic) bond motifs is 2. The third-order valence-electron chi connectivity index (χ3n) is 8.54. The van der Waals surface area contributed by atoms with Crippen LogP contribution in [-0.4, -0.2) is 58.3 Å². The highest BCUT2D eigenvalue weighted by molar-refractivity contribution is 6.30. The maximum atomic E-state index is 14.1. The van der Waals surface area contributed by atoms with Gasteiger partial charge >= 0.3 is 5.97 Å². The minimum absolute atomic E-state index is 0.0960. The SMILES string of the molecule is COC(=O)c1ccc2nc(CN3C[C@@H]4C(c5cccc(OCc6ccc(Cl)cc6F)n5)[C@@H]4C3)n(C[C@@H]3CCO3)c2c1. The molecule has 4 heterocycles. The van der Waals surface area contributed by atoms with Crippen LogP contribution in [0.4, 0.5) is 4.39 Å². The van der Waals surface area contributed by atoms with Gasteiger partial charge in [0.15, 0.2) is 0 Å². The van der Waals surface area contributed by atoms with Crippen molar-refractivity contribution < 1.29 is 23.4 Å². The summed E-state index contributed by atoms with van der Waals surface area (Å²) >= 11 is 5.85. The molecule has 0 bridgehead atoms. The fourth-order valence-electron chi connectivity index (χ4n) is 6.24. The Labute approximate surface area is 242 Å². The summed E-state index contributed by atoms with van der Waals surface area (Å²) in [6, 6.07) is 15.9. The summed E-state index contributed by atoms with van der Waals surface area (Å²) in [6.45, 7) is 4.27. The Morgan fingerprint density at radius 2 is 1.95 bits per heavy atom. The van der Waals surface area contributed by atoms with E-state index in [0.29, 0.717) is 39.8 Å². The van der Waals surface area contributed by atoms with Gasteiger partial charge in [-0.3, -0.25) is 4.90 Å². The zero-order chi connectivity index (χ0) is 28.1. The number of likely N-dealkylation sites (tertiary alicyclic amines) is 1. The molecule has 0 spiro atoms. The van der Waals surface area contributed by atoms with Crippen LogP contribution in [0.25, 0.3) is 11.0 Å². The van der Waals surface area contributed by atoms with Gasteiger partial charge in [-0.2, -0.15) is 0 Å². The third kappa shape index (κ3) is 5.18. The number of carbonyl (C=O) groups is 1. The Kier molecular flexibility index (Phi) is 6.89. The maximum absolute atomic E-state index is 14.1. The number of carbonyl (C=O) groups excluding carboxylic acids is 1. The second kappa shape index (κ2) is 10.7. The van der Waals surface area contributed by atoms with Gasteiger partial charge in [0.25, 0.3) is 0 Å². The number of esters is 1. The fraction of sp³-hybridized carbons (Fsp3) is 0.387. The number of methoxy groups -OCH3 is 1. The molecular weight excluding hydrogens is 547 g/mol. The highest BCUT2D eigenvalue weighted by Gasteiger charge is 2.57. The Morgan fingerprint density at radius 3 is 2.68 bits per heavy atom. The predicted octanol–water partition coefficient (Wildman–Crippen LogP) is 5.22. The molecule has 2 aromatic heterocycles. The summed E-state index contributed by atoms with van der Waals surface area (Å²) < 4.78 is 32.8. The topological polar surface area (TPSA) is 78.7 Å². The third-order valence-corrected chi connectivity index (χ3v) is 8.78. The molecule has 1 unspecified atom stereocenters. The average Bonchev–Trinajstić information content (AvgIpc) is 3.27. The second-order valence-electron chi connectivity index (χ2n) is 11.1. The van der Waals surface area contributed by atoms with Crippen molar-refractivity contribution in [3.05, 3.63) is 88.1 Å². The molecule has 0 amide bonds. The number of benzene rings is 2. The summed E-state index contributed by atoms with van der Waals surface area (Å²) in [5.41, 5.74) is 3.79. The number of imidazole rings is 1. The summed E-state index contributed by atoms with van der Waals surface area (Å²) in [4.78, 5) is 24.3. The van der Waals surface area contributed by atoms with Gasteiger partial charge in [-0.15, -0.1) is 0 Å². The highest BCUT2D eigenvalue weighted by Crippen LogP contribution is 2.58. The summed E-state index contributed by atoms with van der Waals surface area (Å²) in [5, 5.41) is 0.359. The number of piperidine rings is 1. The van der Waals surface area contributed by atoms with Crippen LogP contribution >= 0.6 is 11.6 Å². The highest BCUT2D eigenvalue weighted by atomic mass is 35.5. The Morgan fingerprint density at radius 1 is 1.12 bits per heavy atom. The molecule has 0 N–H and O–H groups in total. The molecule has 10 heteroatoms. The van der Waals surface area contributed by atoms with Crippen molar-refractivity contribution >= 4 is 28.6 Å². The van der Waals surface area contributed by atoms with Crippen LogP contribution in [0.3, 0.4) is 0 Å². The van der Waals surface area contributed by atoms with Crippen LogP contribution in [0.2, 0.25) is 5.02 Å². The van der Waals surface area contributed by atoms with Gasteiger partial charge in [-0.1, -0.05) is 23.7 Å². The molecule has 0 radical (unpaired) electrons. The lowest BCUT2D eigenvalue weighted by Crippen LogP contribution is -2.33. The van der Waals surface area contributed by atoms with Crippen molar-refractivity contribution in [3.8, 4) is 5.88 Å². The Balaban J connectivity index is 1.02. The normalized spacial score (nSPS) is 23.3. The average molecular weight is 577 g/mol. The number of hydrogen-bond acceptors (Lipinski definition) is 7. The summed E-state index contributed by atoms with van der Waals surface area (Å²) in [5.74, 6) is 2.20. The predicted molar refractivity (Wildman–Crippen MR) is 150 cm³/mol. The van der Waals surface area contributed by atoms with Crippen molar-refractivity contribution in [1.82, 2.24) is 19.4 Å². The minimum Gasteiger partial charge on any atom is -0.473 e. The van der Waals surface area contributed by atoms with E-state index in [1.165, 1.54) is 13.2 Å². The van der Waals surface area contributed by atoms with E-state index in [2.05, 4.69) is 15.5 Å². The first-order valence-corrected chi connectivity index (χ1v) is 14.3. The molecule has 4 atom stereocenters. The van der Waals surface area contributed by atoms with E-state index in [-0.39, 0.29) is 24.5 Å². The van der Waals surface area contributed by atoms with E-state index in [9.17, 15) is 9.18 Å². The summed E-state index contributed by atoms with van der Waals surface area (Å²) in [7, 11) is 1.39. The Hall–Kier alpha value is -3.53. The number of pyridine rings is 1. The van der Waals surface area contributed by atoms with E-state index >= 15 is 0 Å². The molecule has 4 aromatic rings. The van der Waals surface area contributed by atoms with Crippen LogP contribution in [-0.2, 0) is 29.2 Å². The van der Waals surface area contributed by atoms with E-state index in [1.54, 1.807) is 18.2 Å². The monoisotopic (exact) mass is 576 g/mol. The zero-order valence-corrected chi connectivity index (χ0v) is 23.4. The summed E-state index contributed by atoms with van der Waals surface area (Å²) in [6.07, 6.45) is 1.19. The molecule has 3 aliphatic rings. The van der Waals surface area contributed by atoms with Gasteiger partial charge in [0, 0.05) is 48.0 Å². The lowest BCUT2D eigenvalue weighted by Gasteiger charge is -2.28. The maximum Gasteiger partial charge on any atom is 0.337 e. The molecule has 41 heavy (non-hydrogen) atoms. The van der Waals surface area contributed by atoms with Gasteiger partial charge in [0.2, 0.25) is 5.88 Å². The molecule has 7 rings (SSSR count). The van der Waals surface area contributed by atoms with E-state index in [4.69, 9.17) is 35.8 Å². The van der Waals surface area contributed by atoms with E-state index in [1.807, 2.05) is 24.3 Å². The molecule has 2 aliphatic heterocycles. The molecule has 1 aliphatic carbocycles. The van der Waals surface area contributed by atoms with Gasteiger partial charge < -0.3 is 18.8 Å². The molecule has 1 saturated carbocycles. The van der Waals surface area contributed by atoms with Crippen molar-refractivity contribution in [2.75, 3.05) is 26.8 Å². The van der Waals surface area contributed by atoms with Gasteiger partial charge in [0.05, 0.1) is 42.9 Å². The molecule has 212 valence electrons. The number of hydrogen-bond donors (Lipinski definition) is 0. The van der Waals surface area contributed by atoms with Crippen LogP contribution < -0.4 is 4.74 Å². The Bertz CT molecular complexity index is 1610. The first kappa shape index (κ1) is 26.4. The second-order valence-corrected chi connectivity index (χ2v) is 11.5. The lowest BCUT2D eigenvalue weighted by atomic mass is 10.1. The largest absolute Gasteiger partial charge is 0.473 e. The smallest absolute Gasteiger partial charge is 0.337 e. The van der Waals surface area contributed by atoms with E-state index in [0.717, 1.165) is 61.8 Å². The minimum atomic E-state index is -0.386. The van der Waals surface area contributed by atoms with Crippen molar-refractivity contribution in [2.24, 2.45) is 11.8 Å². The molecular formula is C31H30ClFN4O4. The fourth-order valence-corrected chi connectivity index (χ4v) is 6.40. The number of nitrogens with zero attached hydrogens (tertiary/aromatic N) is 4. The molecule has 2 aromatic carbocycles. The number of rotatable bonds is 9. The first-order chi connectivity index (χ1) is 20.0. The van der Waals surface area contributed by atoms with Gasteiger partial charge in [-0.05, 0) is 54.7 Å². The van der Waals surface area contributed by atoms with Crippen LogP contribution in [0.1, 0.15) is 39.8 Å².